The molecule has 124 valence electrons. The molecule has 0 bridgehead atoms. The first-order chi connectivity index (χ1) is 11.5. The van der Waals surface area contributed by atoms with Crippen LogP contribution in [0.4, 0.5) is 4.39 Å². The molecule has 2 atom stereocenters. The van der Waals surface area contributed by atoms with Gasteiger partial charge in [-0.3, -0.25) is 4.79 Å². The summed E-state index contributed by atoms with van der Waals surface area (Å²) in [4.78, 5) is 32.7. The van der Waals surface area contributed by atoms with E-state index in [0.29, 0.717) is 6.54 Å². The number of benzene rings is 1. The number of hydrogen-bond acceptors (Lipinski definition) is 4. The van der Waals surface area contributed by atoms with E-state index in [1.807, 2.05) is 6.92 Å². The lowest BCUT2D eigenvalue weighted by molar-refractivity contribution is 0.0684. The van der Waals surface area contributed by atoms with Crippen LogP contribution in [-0.2, 0) is 0 Å². The number of carbonyl (C=O) groups excluding carboxylic acids is 1. The van der Waals surface area contributed by atoms with Gasteiger partial charge in [0.1, 0.15) is 11.5 Å². The molecule has 0 spiro atoms. The van der Waals surface area contributed by atoms with Gasteiger partial charge in [-0.2, -0.15) is 0 Å². The minimum Gasteiger partial charge on any atom is -0.476 e. The predicted octanol–water partition coefficient (Wildman–Crippen LogP) is 2.33. The van der Waals surface area contributed by atoms with Gasteiger partial charge in [0.05, 0.1) is 12.4 Å². The van der Waals surface area contributed by atoms with Crippen LogP contribution in [0.15, 0.2) is 36.7 Å². The Morgan fingerprint density at radius 1 is 1.17 bits per heavy atom. The summed E-state index contributed by atoms with van der Waals surface area (Å²) in [7, 11) is 0. The van der Waals surface area contributed by atoms with Gasteiger partial charge < -0.3 is 10.0 Å². The van der Waals surface area contributed by atoms with Crippen LogP contribution in [0.3, 0.4) is 0 Å². The van der Waals surface area contributed by atoms with Crippen LogP contribution in [0, 0.1) is 5.82 Å². The number of carbonyl (C=O) groups is 2. The second-order valence-corrected chi connectivity index (χ2v) is 5.88. The molecule has 2 heterocycles. The third kappa shape index (κ3) is 3.10. The number of aromatic carboxylic acids is 1. The van der Waals surface area contributed by atoms with Crippen LogP contribution in [0.2, 0.25) is 0 Å². The van der Waals surface area contributed by atoms with E-state index in [1.165, 1.54) is 18.3 Å². The SMILES string of the molecule is CC1CC(c2ccc(F)cc2)CN1C(=O)c1cnc(C(=O)O)cn1. The van der Waals surface area contributed by atoms with Crippen molar-refractivity contribution in [2.75, 3.05) is 6.54 Å². The zero-order valence-corrected chi connectivity index (χ0v) is 13.0. The van der Waals surface area contributed by atoms with Crippen LogP contribution in [0.25, 0.3) is 0 Å². The number of amides is 1. The highest BCUT2D eigenvalue weighted by atomic mass is 19.1. The molecule has 0 radical (unpaired) electrons. The van der Waals surface area contributed by atoms with Crippen LogP contribution >= 0.6 is 0 Å². The molecule has 0 saturated carbocycles. The van der Waals surface area contributed by atoms with Gasteiger partial charge >= 0.3 is 5.97 Å². The van der Waals surface area contributed by atoms with E-state index >= 15 is 0 Å². The van der Waals surface area contributed by atoms with Gasteiger partial charge in [0.25, 0.3) is 5.91 Å². The highest BCUT2D eigenvalue weighted by Crippen LogP contribution is 2.32. The van der Waals surface area contributed by atoms with Crippen molar-refractivity contribution in [1.82, 2.24) is 14.9 Å². The molecule has 1 N–H and O–H groups in total. The fraction of sp³-hybridized carbons (Fsp3) is 0.294. The van der Waals surface area contributed by atoms with Crippen molar-refractivity contribution in [3.8, 4) is 0 Å². The summed E-state index contributed by atoms with van der Waals surface area (Å²) in [6, 6.07) is 6.32. The number of halogens is 1. The lowest BCUT2D eigenvalue weighted by Crippen LogP contribution is -2.34. The highest BCUT2D eigenvalue weighted by Gasteiger charge is 2.34. The van der Waals surface area contributed by atoms with Crippen molar-refractivity contribution in [3.05, 3.63) is 59.4 Å². The molecule has 1 aliphatic heterocycles. The molecule has 2 unspecified atom stereocenters. The van der Waals surface area contributed by atoms with E-state index in [0.717, 1.165) is 18.2 Å². The maximum Gasteiger partial charge on any atom is 0.356 e. The molecule has 1 aromatic carbocycles. The summed E-state index contributed by atoms with van der Waals surface area (Å²) in [5, 5.41) is 8.82. The Hall–Kier alpha value is -2.83. The fourth-order valence-electron chi connectivity index (χ4n) is 2.99. The van der Waals surface area contributed by atoms with E-state index in [2.05, 4.69) is 9.97 Å². The Balaban J connectivity index is 1.75. The average molecular weight is 329 g/mol. The number of rotatable bonds is 3. The van der Waals surface area contributed by atoms with Gasteiger partial charge in [-0.05, 0) is 31.0 Å². The maximum atomic E-state index is 13.0. The van der Waals surface area contributed by atoms with Gasteiger partial charge in [0.2, 0.25) is 0 Å². The standard InChI is InChI=1S/C17H16FN3O3/c1-10-6-12(11-2-4-13(18)5-3-11)9-21(10)16(22)14-7-20-15(8-19-14)17(23)24/h2-5,7-8,10,12H,6,9H2,1H3,(H,23,24). The van der Waals surface area contributed by atoms with Crippen LogP contribution in [-0.4, -0.2) is 44.4 Å². The fourth-order valence-corrected chi connectivity index (χ4v) is 2.99. The number of likely N-dealkylation sites (tertiary alicyclic amines) is 1. The van der Waals surface area contributed by atoms with E-state index in [-0.39, 0.29) is 35.1 Å². The summed E-state index contributed by atoms with van der Waals surface area (Å²) in [6.45, 7) is 2.45. The van der Waals surface area contributed by atoms with Crippen LogP contribution in [0.1, 0.15) is 45.8 Å². The molecule has 1 aliphatic rings. The van der Waals surface area contributed by atoms with E-state index in [1.54, 1.807) is 17.0 Å². The Bertz CT molecular complexity index is 762. The minimum absolute atomic E-state index is 0.00787. The first-order valence-electron chi connectivity index (χ1n) is 7.57. The van der Waals surface area contributed by atoms with E-state index < -0.39 is 5.97 Å². The van der Waals surface area contributed by atoms with E-state index in [4.69, 9.17) is 5.11 Å². The third-order valence-corrected chi connectivity index (χ3v) is 4.27. The van der Waals surface area contributed by atoms with Gasteiger partial charge in [0.15, 0.2) is 5.69 Å². The molecule has 2 aromatic rings. The number of nitrogens with zero attached hydrogens (tertiary/aromatic N) is 3. The monoisotopic (exact) mass is 329 g/mol. The topological polar surface area (TPSA) is 83.4 Å². The Morgan fingerprint density at radius 2 is 1.79 bits per heavy atom. The third-order valence-electron chi connectivity index (χ3n) is 4.27. The molecule has 1 fully saturated rings. The Kier molecular flexibility index (Phi) is 4.24. The Labute approximate surface area is 138 Å². The highest BCUT2D eigenvalue weighted by molar-refractivity contribution is 5.93. The molecular weight excluding hydrogens is 313 g/mol. The molecule has 1 amide bonds. The molecule has 7 heteroatoms. The molecule has 3 rings (SSSR count). The average Bonchev–Trinajstić information content (AvgIpc) is 2.96. The van der Waals surface area contributed by atoms with Gasteiger partial charge in [0, 0.05) is 18.5 Å². The van der Waals surface area contributed by atoms with Gasteiger partial charge in [-0.25, -0.2) is 19.2 Å². The predicted molar refractivity (Wildman–Crippen MR) is 83.2 cm³/mol. The second kappa shape index (κ2) is 6.35. The van der Waals surface area contributed by atoms with Crippen molar-refractivity contribution in [3.63, 3.8) is 0 Å². The minimum atomic E-state index is -1.19. The number of hydrogen-bond donors (Lipinski definition) is 1. The summed E-state index contributed by atoms with van der Waals surface area (Å²) in [6.07, 6.45) is 3.04. The lowest BCUT2D eigenvalue weighted by Gasteiger charge is -2.20. The zero-order chi connectivity index (χ0) is 17.3. The number of carboxylic acid groups (broad SMARTS) is 1. The van der Waals surface area contributed by atoms with Gasteiger partial charge in [-0.15, -0.1) is 0 Å². The van der Waals surface area contributed by atoms with Crippen molar-refractivity contribution in [2.45, 2.75) is 25.3 Å². The summed E-state index contributed by atoms with van der Waals surface area (Å²) < 4.78 is 13.0. The zero-order valence-electron chi connectivity index (χ0n) is 13.0. The molecule has 1 saturated heterocycles. The molecule has 0 aliphatic carbocycles. The first-order valence-corrected chi connectivity index (χ1v) is 7.57. The normalized spacial score (nSPS) is 20.2. The smallest absolute Gasteiger partial charge is 0.356 e. The Morgan fingerprint density at radius 3 is 2.38 bits per heavy atom. The number of carboxylic acids is 1. The largest absolute Gasteiger partial charge is 0.476 e. The van der Waals surface area contributed by atoms with Crippen molar-refractivity contribution in [2.24, 2.45) is 0 Å². The summed E-state index contributed by atoms with van der Waals surface area (Å²) in [5.74, 6) is -1.62. The molecule has 1 aromatic heterocycles. The molecular formula is C17H16FN3O3. The molecule has 24 heavy (non-hydrogen) atoms. The maximum absolute atomic E-state index is 13.0. The first kappa shape index (κ1) is 16.0. The summed E-state index contributed by atoms with van der Waals surface area (Å²) >= 11 is 0. The van der Waals surface area contributed by atoms with Crippen LogP contribution < -0.4 is 0 Å². The summed E-state index contributed by atoms with van der Waals surface area (Å²) in [5.41, 5.74) is 0.905. The van der Waals surface area contributed by atoms with Crippen LogP contribution in [0.5, 0.6) is 0 Å². The lowest BCUT2D eigenvalue weighted by atomic mass is 9.97. The van der Waals surface area contributed by atoms with Crippen molar-refractivity contribution < 1.29 is 19.1 Å². The number of aromatic nitrogens is 2. The van der Waals surface area contributed by atoms with Crippen molar-refractivity contribution in [1.29, 1.82) is 0 Å². The molecule has 6 nitrogen and oxygen atoms in total. The van der Waals surface area contributed by atoms with Gasteiger partial charge in [-0.1, -0.05) is 12.1 Å². The quantitative estimate of drug-likeness (QED) is 0.934. The van der Waals surface area contributed by atoms with Crippen molar-refractivity contribution >= 4 is 11.9 Å². The second-order valence-electron chi connectivity index (χ2n) is 5.88. The van der Waals surface area contributed by atoms with E-state index in [9.17, 15) is 14.0 Å².